The van der Waals surface area contributed by atoms with E-state index in [1.54, 1.807) is 0 Å². The maximum absolute atomic E-state index is 6.22. The van der Waals surface area contributed by atoms with E-state index in [0.717, 1.165) is 55.8 Å². The van der Waals surface area contributed by atoms with Gasteiger partial charge in [-0.15, -0.1) is 59.2 Å². The number of benzene rings is 3. The Kier molecular flexibility index (Phi) is 12.2. The molecule has 0 saturated carbocycles. The summed E-state index contributed by atoms with van der Waals surface area (Å²) in [6, 6.07) is 36.1. The standard InChI is InChI=1S/C28H25N2O.C18H24NSi.Ir/c1-17(2)21-12-13-29-24(16-21)22-10-11-25-23(15-22)27-26(31-25)14-18(3)30-28(27)19(4)20-8-6-5-7-9-20;1-13(2)16-11-17(15-9-7-14(3)8-10-15)19-12-18(16)20(4,5)6;/h5-9,11-17,19H,1-4H3;7-9,11-13H,1-6H3;/q2*-1;. The Morgan fingerprint density at radius 1 is 0.692 bits per heavy atom. The maximum Gasteiger partial charge on any atom is 0.124 e. The van der Waals surface area contributed by atoms with Crippen LogP contribution in [-0.2, 0) is 20.1 Å². The Bertz CT molecular complexity index is 2290. The van der Waals surface area contributed by atoms with E-state index in [0.29, 0.717) is 11.8 Å². The molecule has 52 heavy (non-hydrogen) atoms. The summed E-state index contributed by atoms with van der Waals surface area (Å²) in [6.45, 7) is 22.4. The van der Waals surface area contributed by atoms with Gasteiger partial charge in [-0.25, -0.2) is 0 Å². The van der Waals surface area contributed by atoms with Gasteiger partial charge in [-0.2, -0.15) is 0 Å². The fourth-order valence-electron chi connectivity index (χ4n) is 6.59. The van der Waals surface area contributed by atoms with Crippen LogP contribution in [0.15, 0.2) is 102 Å². The number of fused-ring (bicyclic) bond motifs is 3. The van der Waals surface area contributed by atoms with Gasteiger partial charge in [-0.1, -0.05) is 120 Å². The molecule has 1 radical (unpaired) electrons. The predicted octanol–water partition coefficient (Wildman–Crippen LogP) is 12.0. The van der Waals surface area contributed by atoms with E-state index in [2.05, 4.69) is 145 Å². The molecule has 0 N–H and O–H groups in total. The van der Waals surface area contributed by atoms with Crippen molar-refractivity contribution in [1.29, 1.82) is 0 Å². The SMILES string of the molecule is Cc1c[c-]c(-c2cc(C(C)C)c([Si](C)(C)C)cn2)cc1.Cc1cc2oc3c[c-]c(-c4cc(C(C)C)ccn4)cc3c2c(C(C)c2ccccc2)n1.[Ir]. The topological polar surface area (TPSA) is 51.8 Å². The van der Waals surface area contributed by atoms with Crippen molar-refractivity contribution >= 4 is 35.2 Å². The van der Waals surface area contributed by atoms with Crippen molar-refractivity contribution in [2.24, 2.45) is 0 Å². The van der Waals surface area contributed by atoms with Crippen molar-refractivity contribution in [2.75, 3.05) is 0 Å². The van der Waals surface area contributed by atoms with Gasteiger partial charge in [0.15, 0.2) is 0 Å². The molecule has 3 aromatic carbocycles. The third-order valence-corrected chi connectivity index (χ3v) is 11.6. The van der Waals surface area contributed by atoms with Gasteiger partial charge in [0.2, 0.25) is 0 Å². The van der Waals surface area contributed by atoms with Gasteiger partial charge in [0.1, 0.15) is 5.58 Å². The zero-order valence-electron chi connectivity index (χ0n) is 32.1. The van der Waals surface area contributed by atoms with Crippen LogP contribution < -0.4 is 5.19 Å². The molecule has 0 aliphatic carbocycles. The van der Waals surface area contributed by atoms with Crippen LogP contribution in [-0.4, -0.2) is 23.0 Å². The molecule has 7 rings (SSSR count). The summed E-state index contributed by atoms with van der Waals surface area (Å²) >= 11 is 0. The number of aryl methyl sites for hydroxylation is 2. The average Bonchev–Trinajstić information content (AvgIpc) is 3.48. The minimum absolute atomic E-state index is 0. The quantitative estimate of drug-likeness (QED) is 0.118. The summed E-state index contributed by atoms with van der Waals surface area (Å²) in [7, 11) is -1.35. The third kappa shape index (κ3) is 8.52. The molecule has 0 aliphatic rings. The van der Waals surface area contributed by atoms with Gasteiger partial charge >= 0.3 is 0 Å². The van der Waals surface area contributed by atoms with Gasteiger partial charge in [0, 0.05) is 55.6 Å². The van der Waals surface area contributed by atoms with E-state index in [4.69, 9.17) is 14.4 Å². The molecule has 6 heteroatoms. The Morgan fingerprint density at radius 2 is 1.40 bits per heavy atom. The molecule has 1 unspecified atom stereocenters. The molecule has 0 saturated heterocycles. The molecular formula is C46H49IrN3OSi-2. The van der Waals surface area contributed by atoms with Crippen molar-refractivity contribution in [3.63, 3.8) is 0 Å². The second kappa shape index (κ2) is 16.2. The molecule has 4 aromatic heterocycles. The van der Waals surface area contributed by atoms with Crippen molar-refractivity contribution in [2.45, 2.75) is 85.9 Å². The van der Waals surface area contributed by atoms with Crippen molar-refractivity contribution in [3.05, 3.63) is 143 Å². The Balaban J connectivity index is 0.000000217. The van der Waals surface area contributed by atoms with Crippen LogP contribution in [0.2, 0.25) is 19.6 Å². The van der Waals surface area contributed by atoms with Gasteiger partial charge in [0.25, 0.3) is 0 Å². The van der Waals surface area contributed by atoms with Crippen LogP contribution in [0.5, 0.6) is 0 Å². The Hall–Kier alpha value is -4.22. The molecule has 7 aromatic rings. The van der Waals surface area contributed by atoms with Crippen LogP contribution in [0.3, 0.4) is 0 Å². The van der Waals surface area contributed by atoms with E-state index in [9.17, 15) is 0 Å². The van der Waals surface area contributed by atoms with E-state index in [1.165, 1.54) is 27.4 Å². The number of nitrogens with zero attached hydrogens (tertiary/aromatic N) is 3. The molecule has 1 atom stereocenters. The van der Waals surface area contributed by atoms with Crippen LogP contribution in [0.1, 0.15) is 86.0 Å². The normalized spacial score (nSPS) is 12.2. The molecular weight excluding hydrogens is 831 g/mol. The van der Waals surface area contributed by atoms with Crippen LogP contribution in [0.4, 0.5) is 0 Å². The summed E-state index contributed by atoms with van der Waals surface area (Å²) < 4.78 is 6.22. The first-order valence-electron chi connectivity index (χ1n) is 18.1. The zero-order valence-corrected chi connectivity index (χ0v) is 35.4. The van der Waals surface area contributed by atoms with E-state index in [1.807, 2.05) is 37.4 Å². The molecule has 0 spiro atoms. The van der Waals surface area contributed by atoms with E-state index < -0.39 is 8.07 Å². The Labute approximate surface area is 324 Å². The molecule has 4 heterocycles. The molecule has 269 valence electrons. The monoisotopic (exact) mass is 880 g/mol. The summed E-state index contributed by atoms with van der Waals surface area (Å²) in [4.78, 5) is 14.3. The fraction of sp³-hybridized carbons (Fsp3) is 0.283. The van der Waals surface area contributed by atoms with Crippen molar-refractivity contribution < 1.29 is 24.5 Å². The maximum atomic E-state index is 6.22. The van der Waals surface area contributed by atoms with Gasteiger partial charge in [-0.05, 0) is 47.0 Å². The predicted molar refractivity (Wildman–Crippen MR) is 217 cm³/mol. The number of aromatic nitrogens is 3. The molecule has 0 fully saturated rings. The summed E-state index contributed by atoms with van der Waals surface area (Å²) in [5.41, 5.74) is 12.9. The Morgan fingerprint density at radius 3 is 2.06 bits per heavy atom. The van der Waals surface area contributed by atoms with E-state index >= 15 is 0 Å². The minimum Gasteiger partial charge on any atom is -0.500 e. The second-order valence-corrected chi connectivity index (χ2v) is 20.4. The summed E-state index contributed by atoms with van der Waals surface area (Å²) in [5, 5.41) is 3.61. The number of hydrogen-bond acceptors (Lipinski definition) is 4. The fourth-order valence-corrected chi connectivity index (χ4v) is 8.27. The first kappa shape index (κ1) is 39.0. The largest absolute Gasteiger partial charge is 0.500 e. The third-order valence-electron chi connectivity index (χ3n) is 9.59. The van der Waals surface area contributed by atoms with Gasteiger partial charge < -0.3 is 14.4 Å². The van der Waals surface area contributed by atoms with Crippen molar-refractivity contribution in [1.82, 2.24) is 15.0 Å². The zero-order chi connectivity index (χ0) is 36.4. The molecule has 0 amide bonds. The van der Waals surface area contributed by atoms with E-state index in [-0.39, 0.29) is 26.0 Å². The second-order valence-electron chi connectivity index (χ2n) is 15.4. The molecule has 0 aliphatic heterocycles. The smallest absolute Gasteiger partial charge is 0.124 e. The number of furan rings is 1. The first-order valence-corrected chi connectivity index (χ1v) is 21.6. The molecule has 0 bridgehead atoms. The van der Waals surface area contributed by atoms with Crippen LogP contribution in [0.25, 0.3) is 44.5 Å². The van der Waals surface area contributed by atoms with Gasteiger partial charge in [0.05, 0.1) is 19.4 Å². The summed E-state index contributed by atoms with van der Waals surface area (Å²) in [5.74, 6) is 1.13. The average molecular weight is 880 g/mol. The number of rotatable bonds is 7. The van der Waals surface area contributed by atoms with Crippen LogP contribution >= 0.6 is 0 Å². The van der Waals surface area contributed by atoms with Gasteiger partial charge in [-0.3, -0.25) is 4.98 Å². The van der Waals surface area contributed by atoms with Crippen LogP contribution in [0, 0.1) is 26.0 Å². The minimum atomic E-state index is -1.35. The first-order chi connectivity index (χ1) is 24.3. The number of pyridine rings is 3. The number of hydrogen-bond donors (Lipinski definition) is 0. The summed E-state index contributed by atoms with van der Waals surface area (Å²) in [6.07, 6.45) is 3.98. The van der Waals surface area contributed by atoms with Crippen molar-refractivity contribution in [3.8, 4) is 22.5 Å². The molecule has 4 nitrogen and oxygen atoms in total.